The summed E-state index contributed by atoms with van der Waals surface area (Å²) in [4.78, 5) is 26.1. The summed E-state index contributed by atoms with van der Waals surface area (Å²) in [6.45, 7) is 2.32. The smallest absolute Gasteiger partial charge is 0.423 e. The van der Waals surface area contributed by atoms with Gasteiger partial charge in [-0.1, -0.05) is 41.9 Å². The Bertz CT molecular complexity index is 1010. The lowest BCUT2D eigenvalue weighted by molar-refractivity contribution is -0.206. The Morgan fingerprint density at radius 3 is 2.35 bits per heavy atom. The monoisotopic (exact) mass is 453 g/mol. The fourth-order valence-corrected chi connectivity index (χ4v) is 3.61. The second-order valence-electron chi connectivity index (χ2n) is 6.79. The van der Waals surface area contributed by atoms with Gasteiger partial charge >= 0.3 is 12.1 Å². The molecule has 0 bridgehead atoms. The van der Waals surface area contributed by atoms with E-state index in [9.17, 15) is 22.8 Å². The van der Waals surface area contributed by atoms with Crippen molar-refractivity contribution in [2.24, 2.45) is 11.0 Å². The number of amides is 1. The number of para-hydroxylation sites is 2. The van der Waals surface area contributed by atoms with Crippen LogP contribution in [0.3, 0.4) is 0 Å². The fourth-order valence-electron chi connectivity index (χ4n) is 3.43. The Morgan fingerprint density at radius 2 is 1.77 bits per heavy atom. The van der Waals surface area contributed by atoms with Gasteiger partial charge in [-0.05, 0) is 38.1 Å². The number of halogens is 4. The van der Waals surface area contributed by atoms with Crippen molar-refractivity contribution in [1.82, 2.24) is 0 Å². The molecule has 1 heterocycles. The molecule has 1 aliphatic heterocycles. The summed E-state index contributed by atoms with van der Waals surface area (Å²) in [5.74, 6) is -4.68. The number of ether oxygens (including phenoxy) is 1. The first-order valence-corrected chi connectivity index (χ1v) is 9.72. The van der Waals surface area contributed by atoms with Crippen LogP contribution in [0.4, 0.5) is 24.5 Å². The van der Waals surface area contributed by atoms with Crippen LogP contribution in [0, 0.1) is 5.92 Å². The Balaban J connectivity index is 2.18. The van der Waals surface area contributed by atoms with Crippen LogP contribution in [0.1, 0.15) is 13.8 Å². The minimum absolute atomic E-state index is 0.0552. The number of alkyl halides is 3. The normalized spacial score (nSPS) is 18.4. The number of esters is 1. The van der Waals surface area contributed by atoms with Crippen molar-refractivity contribution in [1.29, 1.82) is 0 Å². The molecule has 0 radical (unpaired) electrons. The second-order valence-corrected chi connectivity index (χ2v) is 7.20. The van der Waals surface area contributed by atoms with E-state index < -0.39 is 29.5 Å². The van der Waals surface area contributed by atoms with Gasteiger partial charge in [-0.3, -0.25) is 4.79 Å². The Labute approximate surface area is 181 Å². The zero-order chi connectivity index (χ0) is 22.8. The topological polar surface area (TPSA) is 71.0 Å². The molecule has 2 atom stereocenters. The molecule has 31 heavy (non-hydrogen) atoms. The lowest BCUT2D eigenvalue weighted by atomic mass is 9.79. The molecule has 0 fully saturated rings. The van der Waals surface area contributed by atoms with E-state index in [0.29, 0.717) is 0 Å². The molecule has 3 rings (SSSR count). The van der Waals surface area contributed by atoms with Crippen LogP contribution in [-0.4, -0.2) is 35.9 Å². The molecule has 2 aromatic rings. The molecular formula is C21H19ClF3N3O3. The first-order valence-electron chi connectivity index (χ1n) is 9.34. The van der Waals surface area contributed by atoms with Gasteiger partial charge in [-0.25, -0.2) is 9.80 Å². The molecule has 0 saturated heterocycles. The number of nitrogens with one attached hydrogen (secondary N) is 1. The van der Waals surface area contributed by atoms with Crippen LogP contribution in [0.5, 0.6) is 0 Å². The molecule has 6 nitrogen and oxygen atoms in total. The highest BCUT2D eigenvalue weighted by molar-refractivity contribution is 6.33. The predicted molar refractivity (Wildman–Crippen MR) is 111 cm³/mol. The molecule has 10 heteroatoms. The highest BCUT2D eigenvalue weighted by Gasteiger charge is 2.70. The van der Waals surface area contributed by atoms with E-state index >= 15 is 0 Å². The second kappa shape index (κ2) is 8.58. The number of nitrogens with zero attached hydrogens (tertiary/aromatic N) is 2. The summed E-state index contributed by atoms with van der Waals surface area (Å²) in [6.07, 6.45) is -5.23. The van der Waals surface area contributed by atoms with Crippen LogP contribution in [0.25, 0.3) is 0 Å². The Morgan fingerprint density at radius 1 is 1.16 bits per heavy atom. The molecule has 0 spiro atoms. The summed E-state index contributed by atoms with van der Waals surface area (Å²) >= 11 is 6.06. The van der Waals surface area contributed by atoms with Gasteiger partial charge in [0.2, 0.25) is 5.54 Å². The summed E-state index contributed by atoms with van der Waals surface area (Å²) in [6, 6.07) is 13.6. The highest BCUT2D eigenvalue weighted by atomic mass is 35.5. The molecule has 1 N–H and O–H groups in total. The van der Waals surface area contributed by atoms with Gasteiger partial charge in [0.15, 0.2) is 0 Å². The minimum atomic E-state index is -5.23. The number of benzene rings is 2. The first kappa shape index (κ1) is 22.6. The van der Waals surface area contributed by atoms with E-state index in [4.69, 9.17) is 16.3 Å². The van der Waals surface area contributed by atoms with Crippen molar-refractivity contribution in [2.75, 3.05) is 16.9 Å². The summed E-state index contributed by atoms with van der Waals surface area (Å²) in [5.41, 5.74) is -3.54. The molecule has 2 aromatic carbocycles. The molecule has 164 valence electrons. The largest absolute Gasteiger partial charge is 0.464 e. The quantitative estimate of drug-likeness (QED) is 0.646. The molecule has 0 aliphatic carbocycles. The Kier molecular flexibility index (Phi) is 6.26. The third-order valence-electron chi connectivity index (χ3n) is 4.82. The van der Waals surface area contributed by atoms with Gasteiger partial charge < -0.3 is 10.1 Å². The summed E-state index contributed by atoms with van der Waals surface area (Å²) in [7, 11) is 0. The van der Waals surface area contributed by atoms with E-state index in [2.05, 4.69) is 10.4 Å². The van der Waals surface area contributed by atoms with Crippen molar-refractivity contribution < 1.29 is 27.5 Å². The van der Waals surface area contributed by atoms with Gasteiger partial charge in [-0.15, -0.1) is 0 Å². The van der Waals surface area contributed by atoms with E-state index in [-0.39, 0.29) is 28.7 Å². The number of rotatable bonds is 6. The zero-order valence-electron chi connectivity index (χ0n) is 16.6. The predicted octanol–water partition coefficient (Wildman–Crippen LogP) is 4.66. The van der Waals surface area contributed by atoms with Gasteiger partial charge in [0.25, 0.3) is 5.91 Å². The standard InChI is InChI=1S/C21H19ClF3N3O3/c1-3-31-19(30)20(21(23,24)25,26-16-12-8-7-11-15(16)22)17-13(2)27-28(18(17)29)14-9-5-4-6-10-14/h4-12,17,26H,3H2,1-2H3/t17-,20-/m1/s1. The van der Waals surface area contributed by atoms with Crippen molar-refractivity contribution in [3.63, 3.8) is 0 Å². The minimum Gasteiger partial charge on any atom is -0.464 e. The number of carbonyl (C=O) groups is 2. The maximum atomic E-state index is 14.7. The van der Waals surface area contributed by atoms with Gasteiger partial charge in [0.1, 0.15) is 5.92 Å². The van der Waals surface area contributed by atoms with E-state index in [0.717, 1.165) is 5.01 Å². The van der Waals surface area contributed by atoms with E-state index in [1.165, 1.54) is 50.2 Å². The lowest BCUT2D eigenvalue weighted by Crippen LogP contribution is -2.66. The van der Waals surface area contributed by atoms with Crippen molar-refractivity contribution >= 4 is 40.6 Å². The molecule has 0 unspecified atom stereocenters. The Hall–Kier alpha value is -3.07. The van der Waals surface area contributed by atoms with Crippen LogP contribution in [-0.2, 0) is 14.3 Å². The van der Waals surface area contributed by atoms with Crippen LogP contribution in [0.2, 0.25) is 5.02 Å². The third kappa shape index (κ3) is 3.97. The average molecular weight is 454 g/mol. The maximum Gasteiger partial charge on any atom is 0.423 e. The van der Waals surface area contributed by atoms with Crippen molar-refractivity contribution in [3.8, 4) is 0 Å². The maximum absolute atomic E-state index is 14.7. The number of hydrogen-bond acceptors (Lipinski definition) is 5. The van der Waals surface area contributed by atoms with Crippen LogP contribution >= 0.6 is 11.6 Å². The van der Waals surface area contributed by atoms with Gasteiger partial charge in [-0.2, -0.15) is 18.3 Å². The molecule has 1 amide bonds. The molecule has 1 aliphatic rings. The zero-order valence-corrected chi connectivity index (χ0v) is 17.4. The summed E-state index contributed by atoms with van der Waals surface area (Å²) in [5, 5.41) is 7.03. The number of hydrazone groups is 1. The number of anilines is 2. The molecule has 0 aromatic heterocycles. The number of carbonyl (C=O) groups excluding carboxylic acids is 2. The SMILES string of the molecule is CCOC(=O)[C@](Nc1ccccc1Cl)([C@H]1C(=O)N(c2ccccc2)N=C1C)C(F)(F)F. The third-order valence-corrected chi connectivity index (χ3v) is 5.14. The van der Waals surface area contributed by atoms with Gasteiger partial charge in [0, 0.05) is 0 Å². The van der Waals surface area contributed by atoms with Crippen LogP contribution in [0.15, 0.2) is 59.7 Å². The first-order chi connectivity index (χ1) is 14.6. The average Bonchev–Trinajstić information content (AvgIpc) is 3.02. The van der Waals surface area contributed by atoms with Gasteiger partial charge in [0.05, 0.1) is 28.7 Å². The summed E-state index contributed by atoms with van der Waals surface area (Å²) < 4.78 is 48.8. The van der Waals surface area contributed by atoms with E-state index in [1.807, 2.05) is 0 Å². The van der Waals surface area contributed by atoms with Crippen molar-refractivity contribution in [2.45, 2.75) is 25.6 Å². The fraction of sp³-hybridized carbons (Fsp3) is 0.286. The van der Waals surface area contributed by atoms with Crippen LogP contribution < -0.4 is 10.3 Å². The highest BCUT2D eigenvalue weighted by Crippen LogP contribution is 2.45. The molecule has 0 saturated carbocycles. The molecular weight excluding hydrogens is 435 g/mol. The van der Waals surface area contributed by atoms with E-state index in [1.54, 1.807) is 18.2 Å². The lowest BCUT2D eigenvalue weighted by Gasteiger charge is -2.38. The number of hydrogen-bond donors (Lipinski definition) is 1. The van der Waals surface area contributed by atoms with Crippen molar-refractivity contribution in [3.05, 3.63) is 59.6 Å².